The van der Waals surface area contributed by atoms with E-state index < -0.39 is 0 Å². The van der Waals surface area contributed by atoms with Gasteiger partial charge in [-0.15, -0.1) is 0 Å². The summed E-state index contributed by atoms with van der Waals surface area (Å²) in [5.41, 5.74) is 9.04. The third-order valence-electron chi connectivity index (χ3n) is 6.72. The van der Waals surface area contributed by atoms with Crippen LogP contribution in [0.5, 0.6) is 5.75 Å². The smallest absolute Gasteiger partial charge is 0.260 e. The lowest BCUT2D eigenvalue weighted by molar-refractivity contribution is -0.113. The molecule has 0 atom stereocenters. The topological polar surface area (TPSA) is 144 Å². The summed E-state index contributed by atoms with van der Waals surface area (Å²) in [4.78, 5) is 35.8. The number of aryl methyl sites for hydroxylation is 1. The summed E-state index contributed by atoms with van der Waals surface area (Å²) < 4.78 is 11.0. The van der Waals surface area contributed by atoms with Crippen LogP contribution in [-0.4, -0.2) is 57.7 Å². The maximum atomic E-state index is 13.7. The molecule has 4 N–H and O–H groups in total. The highest BCUT2D eigenvalue weighted by atomic mass is 35.5. The van der Waals surface area contributed by atoms with E-state index >= 15 is 0 Å². The van der Waals surface area contributed by atoms with Crippen molar-refractivity contribution in [2.75, 3.05) is 42.8 Å². The average molecular weight is 525 g/mol. The number of halogens is 1. The van der Waals surface area contributed by atoms with Gasteiger partial charge in [-0.05, 0) is 38.7 Å². The zero-order valence-corrected chi connectivity index (χ0v) is 21.7. The van der Waals surface area contributed by atoms with Crippen LogP contribution in [0.1, 0.15) is 41.1 Å². The Morgan fingerprint density at radius 3 is 2.81 bits per heavy atom. The molecule has 0 bridgehead atoms. The molecule has 0 aliphatic carbocycles. The maximum Gasteiger partial charge on any atom is 0.260 e. The first kappa shape index (κ1) is 25.0. The first-order valence-electron chi connectivity index (χ1n) is 12.1. The van der Waals surface area contributed by atoms with E-state index in [9.17, 15) is 4.79 Å². The van der Waals surface area contributed by atoms with Gasteiger partial charge in [-0.25, -0.2) is 9.97 Å². The van der Waals surface area contributed by atoms with Gasteiger partial charge in [0, 0.05) is 37.1 Å². The van der Waals surface area contributed by atoms with Gasteiger partial charge >= 0.3 is 0 Å². The second kappa shape index (κ2) is 10.3. The van der Waals surface area contributed by atoms with Gasteiger partial charge < -0.3 is 25.5 Å². The van der Waals surface area contributed by atoms with E-state index in [0.717, 1.165) is 55.3 Å². The van der Waals surface area contributed by atoms with Crippen molar-refractivity contribution in [3.63, 3.8) is 0 Å². The number of fused-ring (bicyclic) bond motifs is 1. The Bertz CT molecular complexity index is 1370. The highest BCUT2D eigenvalue weighted by molar-refractivity contribution is 6.41. The number of hydrogen-bond acceptors (Lipinski definition) is 9. The molecular weight excluding hydrogens is 496 g/mol. The summed E-state index contributed by atoms with van der Waals surface area (Å²) in [6.07, 6.45) is 7.14. The van der Waals surface area contributed by atoms with Gasteiger partial charge in [0.1, 0.15) is 22.5 Å². The van der Waals surface area contributed by atoms with E-state index in [0.29, 0.717) is 34.4 Å². The number of nitrogens with zero attached hydrogens (tertiary/aromatic N) is 5. The molecule has 0 spiro atoms. The van der Waals surface area contributed by atoms with Gasteiger partial charge in [-0.3, -0.25) is 14.7 Å². The number of aromatic nitrogens is 5. The van der Waals surface area contributed by atoms with Crippen LogP contribution in [0, 0.1) is 19.8 Å². The molecule has 0 saturated carbocycles. The van der Waals surface area contributed by atoms with Crippen LogP contribution >= 0.6 is 11.6 Å². The predicted molar refractivity (Wildman–Crippen MR) is 141 cm³/mol. The molecule has 194 valence electrons. The molecule has 1 amide bonds. The number of imidazole rings is 1. The number of carbonyl (C=O) groups excluding carboxylic acids is 1. The fraction of sp³-hybridized carbons (Fsp3) is 0.400. The van der Waals surface area contributed by atoms with Crippen molar-refractivity contribution in [3.05, 3.63) is 45.8 Å². The van der Waals surface area contributed by atoms with Crippen LogP contribution in [0.25, 0.3) is 11.6 Å². The Morgan fingerprint density at radius 1 is 1.27 bits per heavy atom. The first-order valence-corrected chi connectivity index (χ1v) is 12.5. The zero-order chi connectivity index (χ0) is 26.1. The van der Waals surface area contributed by atoms with Crippen molar-refractivity contribution < 1.29 is 14.3 Å². The Balaban J connectivity index is 1.44. The van der Waals surface area contributed by atoms with Crippen LogP contribution in [0.3, 0.4) is 0 Å². The molecule has 5 rings (SSSR count). The molecule has 3 aromatic rings. The molecule has 2 aliphatic heterocycles. The predicted octanol–water partition coefficient (Wildman–Crippen LogP) is 3.38. The minimum Gasteiger partial charge on any atom is -0.496 e. The molecule has 2 aliphatic rings. The van der Waals surface area contributed by atoms with E-state index in [-0.39, 0.29) is 23.6 Å². The van der Waals surface area contributed by atoms with Crippen LogP contribution in [0.4, 0.5) is 17.6 Å². The summed E-state index contributed by atoms with van der Waals surface area (Å²) in [6, 6.07) is 0. The Hall–Kier alpha value is -3.70. The third-order valence-corrected chi connectivity index (χ3v) is 6.99. The lowest BCUT2D eigenvalue weighted by Crippen LogP contribution is -2.27. The van der Waals surface area contributed by atoms with Gasteiger partial charge in [0.05, 0.1) is 36.7 Å². The molecule has 12 heteroatoms. The van der Waals surface area contributed by atoms with Crippen molar-refractivity contribution in [1.82, 2.24) is 24.9 Å². The number of aromatic amines is 1. The second-order valence-electron chi connectivity index (χ2n) is 9.19. The molecular formula is C25H29ClN8O3. The van der Waals surface area contributed by atoms with Crippen LogP contribution in [-0.2, 0) is 16.1 Å². The first-order chi connectivity index (χ1) is 17.9. The number of carbonyl (C=O) groups is 1. The Kier molecular flexibility index (Phi) is 6.98. The quantitative estimate of drug-likeness (QED) is 0.313. The normalized spacial score (nSPS) is 16.9. The number of anilines is 3. The van der Waals surface area contributed by atoms with Gasteiger partial charge in [0.15, 0.2) is 5.82 Å². The highest BCUT2D eigenvalue weighted by Gasteiger charge is 2.37. The molecule has 11 nitrogen and oxygen atoms in total. The molecule has 0 aromatic carbocycles. The van der Waals surface area contributed by atoms with E-state index in [2.05, 4.69) is 30.2 Å². The van der Waals surface area contributed by atoms with Crippen LogP contribution in [0.15, 0.2) is 12.4 Å². The summed E-state index contributed by atoms with van der Waals surface area (Å²) in [5.74, 6) is 2.56. The molecule has 3 aromatic heterocycles. The molecule has 1 saturated heterocycles. The Labute approximate surface area is 219 Å². The number of ether oxygens (including phenoxy) is 2. The number of rotatable bonds is 7. The zero-order valence-electron chi connectivity index (χ0n) is 21.0. The van der Waals surface area contributed by atoms with Crippen molar-refractivity contribution in [1.29, 1.82) is 0 Å². The lowest BCUT2D eigenvalue weighted by Gasteiger charge is -2.22. The summed E-state index contributed by atoms with van der Waals surface area (Å²) in [6.45, 7) is 6.40. The largest absolute Gasteiger partial charge is 0.496 e. The highest BCUT2D eigenvalue weighted by Crippen LogP contribution is 2.41. The van der Waals surface area contributed by atoms with Gasteiger partial charge in [0.2, 0.25) is 5.95 Å². The fourth-order valence-corrected chi connectivity index (χ4v) is 4.99. The average Bonchev–Trinajstić information content (AvgIpc) is 3.43. The van der Waals surface area contributed by atoms with E-state index in [4.69, 9.17) is 26.8 Å². The second-order valence-corrected chi connectivity index (χ2v) is 9.54. The maximum absolute atomic E-state index is 13.7. The number of pyridine rings is 1. The van der Waals surface area contributed by atoms with E-state index in [1.54, 1.807) is 25.6 Å². The minimum absolute atomic E-state index is 0.0217. The molecule has 5 heterocycles. The molecule has 0 radical (unpaired) electrons. The summed E-state index contributed by atoms with van der Waals surface area (Å²) in [7, 11) is 1.61. The van der Waals surface area contributed by atoms with Crippen molar-refractivity contribution >= 4 is 46.7 Å². The fourth-order valence-electron chi connectivity index (χ4n) is 4.72. The number of H-pyrrole nitrogens is 1. The number of methoxy groups -OCH3 is 1. The molecule has 1 fully saturated rings. The monoisotopic (exact) mass is 524 g/mol. The molecule has 37 heavy (non-hydrogen) atoms. The van der Waals surface area contributed by atoms with E-state index in [1.807, 2.05) is 13.8 Å². The standard InChI is InChI=1S/C25H29ClN8O3/c1-13-9-28-17(14(2)21(13)36-3)12-34-23-20(22(26)32-25(27)33-23)16(24(34)35)8-18-30-11-19(31-18)29-10-15-4-6-37-7-5-15/h8-9,11,15,29H,4-7,10,12H2,1-3H3,(H,30,31)(H2,27,32,33)/b16-8-. The van der Waals surface area contributed by atoms with Gasteiger partial charge in [-0.2, -0.15) is 4.98 Å². The van der Waals surface area contributed by atoms with Gasteiger partial charge in [-0.1, -0.05) is 11.6 Å². The van der Waals surface area contributed by atoms with Gasteiger partial charge in [0.25, 0.3) is 5.91 Å². The number of amides is 1. The third kappa shape index (κ3) is 4.96. The number of nitrogens with one attached hydrogen (secondary N) is 2. The number of hydrogen-bond donors (Lipinski definition) is 3. The van der Waals surface area contributed by atoms with Crippen LogP contribution < -0.4 is 20.7 Å². The van der Waals surface area contributed by atoms with Crippen molar-refractivity contribution in [3.8, 4) is 5.75 Å². The summed E-state index contributed by atoms with van der Waals surface area (Å²) in [5, 5.41) is 3.48. The number of nitrogens with two attached hydrogens (primary N) is 1. The van der Waals surface area contributed by atoms with Crippen molar-refractivity contribution in [2.24, 2.45) is 5.92 Å². The lowest BCUT2D eigenvalue weighted by atomic mass is 10.0. The van der Waals surface area contributed by atoms with Crippen LogP contribution in [0.2, 0.25) is 5.15 Å². The summed E-state index contributed by atoms with van der Waals surface area (Å²) >= 11 is 6.47. The molecule has 0 unspecified atom stereocenters. The van der Waals surface area contributed by atoms with Crippen molar-refractivity contribution in [2.45, 2.75) is 33.2 Å². The number of nitrogen functional groups attached to an aromatic ring is 1. The SMILES string of the molecule is COc1c(C)cnc(CN2C(=O)/C(=C\c3ncc(NCC4CCOCC4)[nH]3)c3c(Cl)nc(N)nc32)c1C. The Morgan fingerprint density at radius 2 is 2.05 bits per heavy atom. The minimum atomic E-state index is -0.300. The van der Waals surface area contributed by atoms with E-state index in [1.165, 1.54) is 4.90 Å².